The summed E-state index contributed by atoms with van der Waals surface area (Å²) in [4.78, 5) is 27.2. The number of benzene rings is 3. The van der Waals surface area contributed by atoms with Gasteiger partial charge in [-0.3, -0.25) is 9.59 Å². The molecule has 0 unspecified atom stereocenters. The SMILES string of the molecule is C=CCc1cc(/C=C2\SC(=O)N(c3ccccc3)C2=O)cc(OCC)c1OCc1ccc(Cl)c(Cl)c1. The van der Waals surface area contributed by atoms with Gasteiger partial charge in [-0.05, 0) is 78.7 Å². The molecule has 0 bridgehead atoms. The highest BCUT2D eigenvalue weighted by Crippen LogP contribution is 2.39. The van der Waals surface area contributed by atoms with Crippen LogP contribution in [-0.2, 0) is 17.8 Å². The van der Waals surface area contributed by atoms with Gasteiger partial charge in [0.15, 0.2) is 11.5 Å². The van der Waals surface area contributed by atoms with Crippen molar-refractivity contribution in [3.05, 3.63) is 105 Å². The monoisotopic (exact) mass is 539 g/mol. The van der Waals surface area contributed by atoms with Crippen molar-refractivity contribution >= 4 is 57.9 Å². The third-order valence-electron chi connectivity index (χ3n) is 5.29. The number of ether oxygens (including phenoxy) is 2. The van der Waals surface area contributed by atoms with Crippen molar-refractivity contribution < 1.29 is 19.1 Å². The largest absolute Gasteiger partial charge is 0.490 e. The molecular weight excluding hydrogens is 517 g/mol. The quantitative estimate of drug-likeness (QED) is 0.204. The Morgan fingerprint density at radius 3 is 2.47 bits per heavy atom. The third-order valence-corrected chi connectivity index (χ3v) is 6.90. The fraction of sp³-hybridized carbons (Fsp3) is 0.143. The zero-order chi connectivity index (χ0) is 25.7. The second-order valence-electron chi connectivity index (χ2n) is 7.82. The van der Waals surface area contributed by atoms with E-state index < -0.39 is 0 Å². The number of amides is 2. The molecule has 5 nitrogen and oxygen atoms in total. The smallest absolute Gasteiger partial charge is 0.298 e. The van der Waals surface area contributed by atoms with Gasteiger partial charge >= 0.3 is 0 Å². The summed E-state index contributed by atoms with van der Waals surface area (Å²) in [5.41, 5.74) is 2.95. The fourth-order valence-corrected chi connectivity index (χ4v) is 4.87. The van der Waals surface area contributed by atoms with E-state index in [2.05, 4.69) is 6.58 Å². The molecule has 2 amide bonds. The van der Waals surface area contributed by atoms with E-state index in [0.717, 1.165) is 28.5 Å². The summed E-state index contributed by atoms with van der Waals surface area (Å²) in [6.07, 6.45) is 3.99. The molecule has 1 saturated heterocycles. The number of hydrogen-bond acceptors (Lipinski definition) is 5. The Hall–Kier alpha value is -3.19. The molecule has 3 aromatic rings. The molecule has 0 aromatic heterocycles. The summed E-state index contributed by atoms with van der Waals surface area (Å²) in [6.45, 7) is 6.42. The number of anilines is 1. The Kier molecular flexibility index (Phi) is 8.41. The van der Waals surface area contributed by atoms with Crippen LogP contribution in [0.15, 0.2) is 78.2 Å². The maximum Gasteiger partial charge on any atom is 0.298 e. The number of para-hydroxylation sites is 1. The van der Waals surface area contributed by atoms with Gasteiger partial charge in [-0.25, -0.2) is 4.90 Å². The second-order valence-corrected chi connectivity index (χ2v) is 9.63. The summed E-state index contributed by atoms with van der Waals surface area (Å²) < 4.78 is 12.1. The summed E-state index contributed by atoms with van der Waals surface area (Å²) in [5, 5.41) is 0.591. The molecule has 0 aliphatic carbocycles. The van der Waals surface area contributed by atoms with Gasteiger partial charge in [0.05, 0.1) is 27.2 Å². The van der Waals surface area contributed by atoms with E-state index in [4.69, 9.17) is 32.7 Å². The zero-order valence-electron chi connectivity index (χ0n) is 19.5. The number of rotatable bonds is 9. The normalized spacial score (nSPS) is 14.4. The van der Waals surface area contributed by atoms with E-state index in [1.54, 1.807) is 54.6 Å². The molecule has 36 heavy (non-hydrogen) atoms. The maximum absolute atomic E-state index is 13.0. The topological polar surface area (TPSA) is 55.8 Å². The van der Waals surface area contributed by atoms with Gasteiger partial charge in [0.2, 0.25) is 0 Å². The van der Waals surface area contributed by atoms with Gasteiger partial charge in [0.25, 0.3) is 11.1 Å². The number of thioether (sulfide) groups is 1. The average Bonchev–Trinajstić information content (AvgIpc) is 3.14. The predicted molar refractivity (Wildman–Crippen MR) is 147 cm³/mol. The molecule has 0 radical (unpaired) electrons. The Labute approximate surface area is 224 Å². The van der Waals surface area contributed by atoms with Crippen LogP contribution in [0, 0.1) is 0 Å². The molecule has 8 heteroatoms. The number of carbonyl (C=O) groups excluding carboxylic acids is 2. The van der Waals surface area contributed by atoms with Crippen molar-refractivity contribution in [1.29, 1.82) is 0 Å². The molecule has 1 heterocycles. The lowest BCUT2D eigenvalue weighted by molar-refractivity contribution is -0.113. The lowest BCUT2D eigenvalue weighted by Crippen LogP contribution is -2.27. The number of allylic oxidation sites excluding steroid dienone is 1. The van der Waals surface area contributed by atoms with Crippen LogP contribution in [0.3, 0.4) is 0 Å². The molecule has 1 fully saturated rings. The van der Waals surface area contributed by atoms with Crippen molar-refractivity contribution in [2.24, 2.45) is 0 Å². The standard InChI is InChI=1S/C28H23Cl2NO4S/c1-3-8-20-13-19(16-25-27(32)31(28(33)36-25)21-9-6-5-7-10-21)15-24(34-4-2)26(20)35-17-18-11-12-22(29)23(30)14-18/h3,5-7,9-16H,1,4,8,17H2,2H3/b25-16-. The number of nitrogens with zero attached hydrogens (tertiary/aromatic N) is 1. The summed E-state index contributed by atoms with van der Waals surface area (Å²) >= 11 is 13.1. The van der Waals surface area contributed by atoms with Crippen LogP contribution in [-0.4, -0.2) is 17.8 Å². The van der Waals surface area contributed by atoms with Gasteiger partial charge in [-0.2, -0.15) is 0 Å². The van der Waals surface area contributed by atoms with Crippen molar-refractivity contribution in [2.75, 3.05) is 11.5 Å². The molecule has 1 aliphatic rings. The first-order valence-corrected chi connectivity index (χ1v) is 12.8. The van der Waals surface area contributed by atoms with Crippen LogP contribution in [0.25, 0.3) is 6.08 Å². The summed E-state index contributed by atoms with van der Waals surface area (Å²) in [5.74, 6) is 0.752. The average molecular weight is 540 g/mol. The zero-order valence-corrected chi connectivity index (χ0v) is 21.8. The molecule has 0 N–H and O–H groups in total. The molecule has 0 saturated carbocycles. The first-order valence-electron chi connectivity index (χ1n) is 11.2. The first kappa shape index (κ1) is 25.9. The van der Waals surface area contributed by atoms with Gasteiger partial charge in [0, 0.05) is 5.56 Å². The van der Waals surface area contributed by atoms with Crippen molar-refractivity contribution in [3.8, 4) is 11.5 Å². The highest BCUT2D eigenvalue weighted by atomic mass is 35.5. The number of hydrogen-bond donors (Lipinski definition) is 0. The Bertz CT molecular complexity index is 1340. The van der Waals surface area contributed by atoms with Crippen molar-refractivity contribution in [2.45, 2.75) is 20.0 Å². The number of carbonyl (C=O) groups is 2. The third kappa shape index (κ3) is 5.78. The predicted octanol–water partition coefficient (Wildman–Crippen LogP) is 7.94. The minimum atomic E-state index is -0.362. The molecule has 0 atom stereocenters. The highest BCUT2D eigenvalue weighted by Gasteiger charge is 2.36. The van der Waals surface area contributed by atoms with Gasteiger partial charge in [-0.1, -0.05) is 53.5 Å². The molecule has 1 aliphatic heterocycles. The summed E-state index contributed by atoms with van der Waals surface area (Å²) in [6, 6.07) is 17.9. The molecule has 184 valence electrons. The Morgan fingerprint density at radius 1 is 1.00 bits per heavy atom. The van der Waals surface area contributed by atoms with Crippen LogP contribution in [0.2, 0.25) is 10.0 Å². The Morgan fingerprint density at radius 2 is 1.78 bits per heavy atom. The van der Waals surface area contributed by atoms with Gasteiger partial charge in [-0.15, -0.1) is 6.58 Å². The van der Waals surface area contributed by atoms with Crippen LogP contribution in [0.1, 0.15) is 23.6 Å². The summed E-state index contributed by atoms with van der Waals surface area (Å²) in [7, 11) is 0. The fourth-order valence-electron chi connectivity index (χ4n) is 3.70. The Balaban J connectivity index is 1.66. The van der Waals surface area contributed by atoms with Gasteiger partial charge < -0.3 is 9.47 Å². The minimum absolute atomic E-state index is 0.260. The maximum atomic E-state index is 13.0. The molecular formula is C28H23Cl2NO4S. The van der Waals surface area contributed by atoms with E-state index in [9.17, 15) is 9.59 Å². The minimum Gasteiger partial charge on any atom is -0.490 e. The van der Waals surface area contributed by atoms with E-state index >= 15 is 0 Å². The van der Waals surface area contributed by atoms with E-state index in [0.29, 0.717) is 45.2 Å². The highest BCUT2D eigenvalue weighted by molar-refractivity contribution is 8.19. The van der Waals surface area contributed by atoms with Crippen LogP contribution >= 0.6 is 35.0 Å². The number of imide groups is 1. The van der Waals surface area contributed by atoms with E-state index in [1.165, 1.54) is 4.90 Å². The second kappa shape index (κ2) is 11.7. The van der Waals surface area contributed by atoms with Crippen molar-refractivity contribution in [3.63, 3.8) is 0 Å². The van der Waals surface area contributed by atoms with Crippen LogP contribution < -0.4 is 14.4 Å². The lowest BCUT2D eigenvalue weighted by atomic mass is 10.0. The molecule has 4 rings (SSSR count). The van der Waals surface area contributed by atoms with E-state index in [1.807, 2.05) is 25.1 Å². The lowest BCUT2D eigenvalue weighted by Gasteiger charge is -2.17. The van der Waals surface area contributed by atoms with Gasteiger partial charge in [0.1, 0.15) is 6.61 Å². The molecule has 3 aromatic carbocycles. The first-order chi connectivity index (χ1) is 17.4. The molecule has 0 spiro atoms. The van der Waals surface area contributed by atoms with E-state index in [-0.39, 0.29) is 17.8 Å². The van der Waals surface area contributed by atoms with Crippen molar-refractivity contribution in [1.82, 2.24) is 0 Å². The number of halogens is 2. The van der Waals surface area contributed by atoms with Crippen LogP contribution in [0.4, 0.5) is 10.5 Å². The van der Waals surface area contributed by atoms with Crippen LogP contribution in [0.5, 0.6) is 11.5 Å².